The van der Waals surface area contributed by atoms with Crippen molar-refractivity contribution in [2.75, 3.05) is 5.32 Å². The number of aromatic nitrogens is 4. The van der Waals surface area contributed by atoms with Gasteiger partial charge in [-0.05, 0) is 32.9 Å². The van der Waals surface area contributed by atoms with Gasteiger partial charge in [0.15, 0.2) is 5.69 Å². The number of amides is 1. The molecule has 0 bridgehead atoms. The molecular weight excluding hydrogens is 329 g/mol. The zero-order chi connectivity index (χ0) is 18.3. The summed E-state index contributed by atoms with van der Waals surface area (Å²) in [4.78, 5) is 27.4. The molecule has 0 fully saturated rings. The van der Waals surface area contributed by atoms with Gasteiger partial charge in [0, 0.05) is 5.69 Å². The molecule has 3 aromatic heterocycles. The predicted molar refractivity (Wildman–Crippen MR) is 87.2 cm³/mol. The lowest BCUT2D eigenvalue weighted by Gasteiger charge is -2.04. The van der Waals surface area contributed by atoms with Crippen LogP contribution in [0.25, 0.3) is 5.65 Å². The van der Waals surface area contributed by atoms with Crippen molar-refractivity contribution < 1.29 is 19.1 Å². The number of hydrogen-bond donors (Lipinski definition) is 2. The number of aryl methyl sites for hydroxylation is 2. The second-order valence-corrected chi connectivity index (χ2v) is 5.66. The zero-order valence-corrected chi connectivity index (χ0v) is 13.9. The van der Waals surface area contributed by atoms with E-state index in [2.05, 4.69) is 15.4 Å². The summed E-state index contributed by atoms with van der Waals surface area (Å²) in [5, 5.41) is 15.5. The Morgan fingerprint density at radius 1 is 1.28 bits per heavy atom. The van der Waals surface area contributed by atoms with Crippen molar-refractivity contribution >= 4 is 23.2 Å². The molecule has 0 atom stereocenters. The van der Waals surface area contributed by atoms with E-state index >= 15 is 0 Å². The number of pyridine rings is 1. The maximum absolute atomic E-state index is 14.6. The first-order valence-electron chi connectivity index (χ1n) is 7.50. The third kappa shape index (κ3) is 2.84. The summed E-state index contributed by atoms with van der Waals surface area (Å²) in [5.41, 5.74) is 1.86. The van der Waals surface area contributed by atoms with Crippen LogP contribution in [-0.2, 0) is 11.3 Å². The van der Waals surface area contributed by atoms with Crippen molar-refractivity contribution in [3.05, 3.63) is 46.9 Å². The Balaban J connectivity index is 1.96. The number of carbonyl (C=O) groups is 2. The van der Waals surface area contributed by atoms with E-state index in [1.165, 1.54) is 9.08 Å². The molecule has 0 spiro atoms. The SMILES string of the molecule is Cc1nn(CC(=O)O)c(C)c1NC(=O)c1nc2cccc(C)n2c1F. The molecule has 1 amide bonds. The van der Waals surface area contributed by atoms with E-state index in [1.807, 2.05) is 0 Å². The van der Waals surface area contributed by atoms with Crippen LogP contribution in [0.15, 0.2) is 18.2 Å². The Bertz CT molecular complexity index is 1010. The molecule has 0 aliphatic rings. The average Bonchev–Trinajstić information content (AvgIpc) is 3.00. The lowest BCUT2D eigenvalue weighted by molar-refractivity contribution is -0.137. The van der Waals surface area contributed by atoms with Crippen molar-refractivity contribution in [1.29, 1.82) is 0 Å². The molecule has 0 aromatic carbocycles. The van der Waals surface area contributed by atoms with Gasteiger partial charge in [0.2, 0.25) is 5.95 Å². The fourth-order valence-electron chi connectivity index (χ4n) is 2.69. The largest absolute Gasteiger partial charge is 0.480 e. The standard InChI is InChI=1S/C16H16FN5O3/c1-8-5-4-6-11-18-14(15(17)22(8)11)16(25)19-13-9(2)20-21(10(13)3)7-12(23)24/h4-6H,7H2,1-3H3,(H,19,25)(H,23,24). The van der Waals surface area contributed by atoms with Crippen molar-refractivity contribution in [1.82, 2.24) is 19.2 Å². The molecule has 0 aliphatic carbocycles. The lowest BCUT2D eigenvalue weighted by atomic mass is 10.3. The maximum atomic E-state index is 14.6. The summed E-state index contributed by atoms with van der Waals surface area (Å²) in [7, 11) is 0. The number of rotatable bonds is 4. The van der Waals surface area contributed by atoms with Crippen LogP contribution in [0.3, 0.4) is 0 Å². The van der Waals surface area contributed by atoms with Crippen LogP contribution in [-0.4, -0.2) is 36.1 Å². The van der Waals surface area contributed by atoms with Crippen molar-refractivity contribution in [3.8, 4) is 0 Å². The minimum absolute atomic E-state index is 0.329. The predicted octanol–water partition coefficient (Wildman–Crippen LogP) is 1.93. The number of carboxylic acids is 1. The minimum Gasteiger partial charge on any atom is -0.480 e. The van der Waals surface area contributed by atoms with E-state index in [-0.39, 0.29) is 12.2 Å². The number of carbonyl (C=O) groups excluding carboxylic acids is 1. The molecule has 0 saturated carbocycles. The summed E-state index contributed by atoms with van der Waals surface area (Å²) >= 11 is 0. The number of anilines is 1. The molecule has 0 aliphatic heterocycles. The van der Waals surface area contributed by atoms with E-state index < -0.39 is 17.8 Å². The number of imidazole rings is 1. The highest BCUT2D eigenvalue weighted by Crippen LogP contribution is 2.21. The van der Waals surface area contributed by atoms with Gasteiger partial charge >= 0.3 is 5.97 Å². The second kappa shape index (κ2) is 6.00. The second-order valence-electron chi connectivity index (χ2n) is 5.66. The van der Waals surface area contributed by atoms with E-state index in [0.717, 1.165) is 0 Å². The highest BCUT2D eigenvalue weighted by atomic mass is 19.1. The molecule has 2 N–H and O–H groups in total. The molecule has 3 heterocycles. The number of nitrogens with zero attached hydrogens (tertiary/aromatic N) is 4. The first-order valence-corrected chi connectivity index (χ1v) is 7.50. The highest BCUT2D eigenvalue weighted by Gasteiger charge is 2.23. The fourth-order valence-corrected chi connectivity index (χ4v) is 2.69. The molecule has 25 heavy (non-hydrogen) atoms. The van der Waals surface area contributed by atoms with Crippen LogP contribution in [0, 0.1) is 26.7 Å². The van der Waals surface area contributed by atoms with Crippen LogP contribution in [0.1, 0.15) is 27.6 Å². The number of fused-ring (bicyclic) bond motifs is 1. The average molecular weight is 345 g/mol. The number of carboxylic acid groups (broad SMARTS) is 1. The Kier molecular flexibility index (Phi) is 3.99. The van der Waals surface area contributed by atoms with Gasteiger partial charge in [-0.25, -0.2) is 4.98 Å². The molecule has 9 heteroatoms. The number of nitrogens with one attached hydrogen (secondary N) is 1. The first-order chi connectivity index (χ1) is 11.8. The third-order valence-corrected chi connectivity index (χ3v) is 3.90. The lowest BCUT2D eigenvalue weighted by Crippen LogP contribution is -2.16. The molecule has 0 radical (unpaired) electrons. The minimum atomic E-state index is -1.05. The van der Waals surface area contributed by atoms with E-state index in [1.54, 1.807) is 39.0 Å². The van der Waals surface area contributed by atoms with Gasteiger partial charge in [0.05, 0.1) is 17.1 Å². The summed E-state index contributed by atoms with van der Waals surface area (Å²) < 4.78 is 17.1. The monoisotopic (exact) mass is 345 g/mol. The van der Waals surface area contributed by atoms with Crippen LogP contribution < -0.4 is 5.32 Å². The molecule has 8 nitrogen and oxygen atoms in total. The molecule has 130 valence electrons. The molecule has 3 aromatic rings. The summed E-state index contributed by atoms with van der Waals surface area (Å²) in [6.07, 6.45) is 0. The van der Waals surface area contributed by atoms with Gasteiger partial charge in [0.1, 0.15) is 12.2 Å². The van der Waals surface area contributed by atoms with Crippen LogP contribution in [0.5, 0.6) is 0 Å². The Morgan fingerprint density at radius 3 is 2.64 bits per heavy atom. The Morgan fingerprint density at radius 2 is 2.00 bits per heavy atom. The Labute approximate surface area is 141 Å². The number of aliphatic carboxylic acids is 1. The Hall–Kier alpha value is -3.23. The number of hydrogen-bond acceptors (Lipinski definition) is 4. The van der Waals surface area contributed by atoms with Gasteiger partial charge in [-0.3, -0.25) is 18.7 Å². The van der Waals surface area contributed by atoms with E-state index in [9.17, 15) is 14.0 Å². The van der Waals surface area contributed by atoms with E-state index in [0.29, 0.717) is 28.4 Å². The first kappa shape index (κ1) is 16.6. The van der Waals surface area contributed by atoms with Gasteiger partial charge in [-0.2, -0.15) is 9.49 Å². The van der Waals surface area contributed by atoms with Crippen LogP contribution in [0.4, 0.5) is 10.1 Å². The normalized spacial score (nSPS) is 11.0. The fraction of sp³-hybridized carbons (Fsp3) is 0.250. The summed E-state index contributed by atoms with van der Waals surface area (Å²) in [6.45, 7) is 4.64. The van der Waals surface area contributed by atoms with Crippen molar-refractivity contribution in [2.45, 2.75) is 27.3 Å². The molecule has 3 rings (SSSR count). The summed E-state index contributed by atoms with van der Waals surface area (Å²) in [6, 6.07) is 5.04. The van der Waals surface area contributed by atoms with Gasteiger partial charge in [0.25, 0.3) is 5.91 Å². The topological polar surface area (TPSA) is 102 Å². The highest BCUT2D eigenvalue weighted by molar-refractivity contribution is 6.04. The van der Waals surface area contributed by atoms with Crippen LogP contribution in [0.2, 0.25) is 0 Å². The zero-order valence-electron chi connectivity index (χ0n) is 13.9. The van der Waals surface area contributed by atoms with Gasteiger partial charge in [-0.1, -0.05) is 6.07 Å². The molecule has 0 saturated heterocycles. The van der Waals surface area contributed by atoms with Gasteiger partial charge in [-0.15, -0.1) is 0 Å². The smallest absolute Gasteiger partial charge is 0.325 e. The van der Waals surface area contributed by atoms with Crippen molar-refractivity contribution in [3.63, 3.8) is 0 Å². The van der Waals surface area contributed by atoms with Gasteiger partial charge < -0.3 is 10.4 Å². The number of halogens is 1. The van der Waals surface area contributed by atoms with Crippen molar-refractivity contribution in [2.24, 2.45) is 0 Å². The van der Waals surface area contributed by atoms with E-state index in [4.69, 9.17) is 5.11 Å². The quantitative estimate of drug-likeness (QED) is 0.752. The van der Waals surface area contributed by atoms with Crippen LogP contribution >= 0.6 is 0 Å². The third-order valence-electron chi connectivity index (χ3n) is 3.90. The summed E-state index contributed by atoms with van der Waals surface area (Å²) in [5.74, 6) is -2.52. The molecule has 0 unspecified atom stereocenters. The molecular formula is C16H16FN5O3. The maximum Gasteiger partial charge on any atom is 0.325 e.